The fourth-order valence-electron chi connectivity index (χ4n) is 3.65. The number of carbonyl (C=O) groups is 1. The van der Waals surface area contributed by atoms with E-state index in [1.54, 1.807) is 11.5 Å². The van der Waals surface area contributed by atoms with E-state index in [9.17, 15) is 9.59 Å². The Hall–Kier alpha value is -2.97. The van der Waals surface area contributed by atoms with Crippen LogP contribution in [0.5, 0.6) is 5.75 Å². The number of thiophene rings is 1. The molecule has 2 aromatic heterocycles. The first-order valence-corrected chi connectivity index (χ1v) is 12.5. The quantitative estimate of drug-likeness (QED) is 0.479. The number of carbonyl (C=O) groups excluding carboxylic acids is 1. The molecule has 3 aromatic rings. The molecule has 0 amide bonds. The highest BCUT2D eigenvalue weighted by Crippen LogP contribution is 2.33. The van der Waals surface area contributed by atoms with Crippen LogP contribution >= 0.6 is 22.7 Å². The number of ether oxygens (including phenoxy) is 2. The first kappa shape index (κ1) is 23.2. The SMILES string of the molecule is CCOc1ccccc1/C=c1/sc2n(c1=O)C(c1cccs1)C(C(=O)OCC(C)C)=C(C)N=2. The van der Waals surface area contributed by atoms with E-state index >= 15 is 0 Å². The molecule has 1 aromatic carbocycles. The summed E-state index contributed by atoms with van der Waals surface area (Å²) in [5.41, 5.74) is 1.62. The molecular formula is C25H26N2O4S2. The summed E-state index contributed by atoms with van der Waals surface area (Å²) in [5.74, 6) is 0.496. The Balaban J connectivity index is 1.87. The summed E-state index contributed by atoms with van der Waals surface area (Å²) in [6.45, 7) is 8.54. The largest absolute Gasteiger partial charge is 0.493 e. The van der Waals surface area contributed by atoms with E-state index in [-0.39, 0.29) is 11.5 Å². The molecule has 0 radical (unpaired) electrons. The summed E-state index contributed by atoms with van der Waals surface area (Å²) in [5, 5.41) is 1.94. The van der Waals surface area contributed by atoms with Crippen molar-refractivity contribution in [3.05, 3.63) is 83.2 Å². The predicted octanol–water partition coefficient (Wildman–Crippen LogP) is 3.89. The zero-order chi connectivity index (χ0) is 23.5. The van der Waals surface area contributed by atoms with E-state index in [0.717, 1.165) is 16.2 Å². The van der Waals surface area contributed by atoms with Crippen LogP contribution in [0, 0.1) is 5.92 Å². The number of aromatic nitrogens is 1. The Morgan fingerprint density at radius 3 is 2.73 bits per heavy atom. The lowest BCUT2D eigenvalue weighted by Crippen LogP contribution is -2.39. The van der Waals surface area contributed by atoms with E-state index in [4.69, 9.17) is 9.47 Å². The second kappa shape index (κ2) is 9.89. The number of thiazole rings is 1. The molecule has 0 N–H and O–H groups in total. The molecular weight excluding hydrogens is 456 g/mol. The molecule has 6 nitrogen and oxygen atoms in total. The molecule has 0 bridgehead atoms. The number of rotatable bonds is 7. The van der Waals surface area contributed by atoms with Crippen LogP contribution in [-0.4, -0.2) is 23.8 Å². The number of hydrogen-bond donors (Lipinski definition) is 0. The van der Waals surface area contributed by atoms with Gasteiger partial charge >= 0.3 is 5.97 Å². The Kier molecular flexibility index (Phi) is 6.95. The standard InChI is InChI=1S/C25H26N2O4S2/c1-5-30-18-10-7-6-9-17(18)13-20-23(28)27-22(19-11-8-12-32-19)21(16(4)26-25(27)33-20)24(29)31-14-15(2)3/h6-13,15,22H,5,14H2,1-4H3/b20-13+. The van der Waals surface area contributed by atoms with Crippen molar-refractivity contribution in [2.24, 2.45) is 10.9 Å². The molecule has 0 aliphatic carbocycles. The Labute approximate surface area is 200 Å². The maximum Gasteiger partial charge on any atom is 0.338 e. The highest BCUT2D eigenvalue weighted by Gasteiger charge is 2.34. The van der Waals surface area contributed by atoms with Crippen LogP contribution in [0.1, 0.15) is 44.2 Å². The fourth-order valence-corrected chi connectivity index (χ4v) is 5.51. The monoisotopic (exact) mass is 482 g/mol. The maximum atomic E-state index is 13.6. The third-order valence-electron chi connectivity index (χ3n) is 5.11. The van der Waals surface area contributed by atoms with Crippen molar-refractivity contribution in [2.45, 2.75) is 33.7 Å². The van der Waals surface area contributed by atoms with Gasteiger partial charge < -0.3 is 9.47 Å². The summed E-state index contributed by atoms with van der Waals surface area (Å²) < 4.78 is 13.4. The van der Waals surface area contributed by atoms with Gasteiger partial charge in [-0.25, -0.2) is 9.79 Å². The van der Waals surface area contributed by atoms with Crippen LogP contribution in [0.15, 0.2) is 62.8 Å². The highest BCUT2D eigenvalue weighted by atomic mass is 32.1. The van der Waals surface area contributed by atoms with Crippen LogP contribution in [0.25, 0.3) is 6.08 Å². The molecule has 1 aliphatic heterocycles. The van der Waals surface area contributed by atoms with Crippen LogP contribution < -0.4 is 19.6 Å². The minimum atomic E-state index is -0.565. The van der Waals surface area contributed by atoms with Gasteiger partial charge in [-0.15, -0.1) is 11.3 Å². The van der Waals surface area contributed by atoms with Gasteiger partial charge in [0, 0.05) is 10.4 Å². The molecule has 0 saturated heterocycles. The average molecular weight is 483 g/mol. The summed E-state index contributed by atoms with van der Waals surface area (Å²) in [6, 6.07) is 10.9. The van der Waals surface area contributed by atoms with E-state index in [0.29, 0.717) is 33.8 Å². The number of allylic oxidation sites excluding steroid dienone is 1. The Bertz CT molecular complexity index is 1360. The predicted molar refractivity (Wildman–Crippen MR) is 131 cm³/mol. The molecule has 172 valence electrons. The van der Waals surface area contributed by atoms with E-state index in [2.05, 4.69) is 4.99 Å². The van der Waals surface area contributed by atoms with Gasteiger partial charge in [-0.3, -0.25) is 9.36 Å². The molecule has 0 saturated carbocycles. The summed E-state index contributed by atoms with van der Waals surface area (Å²) in [6.07, 6.45) is 1.83. The van der Waals surface area contributed by atoms with E-state index in [1.807, 2.05) is 68.6 Å². The molecule has 3 heterocycles. The lowest BCUT2D eigenvalue weighted by atomic mass is 10.0. The Morgan fingerprint density at radius 2 is 2.03 bits per heavy atom. The molecule has 0 fully saturated rings. The first-order valence-electron chi connectivity index (χ1n) is 10.9. The van der Waals surface area contributed by atoms with Crippen LogP contribution in [0.3, 0.4) is 0 Å². The van der Waals surface area contributed by atoms with Gasteiger partial charge in [0.05, 0.1) is 29.0 Å². The topological polar surface area (TPSA) is 69.9 Å². The number of nitrogens with zero attached hydrogens (tertiary/aromatic N) is 2. The summed E-state index contributed by atoms with van der Waals surface area (Å²) in [4.78, 5) is 32.8. The lowest BCUT2D eigenvalue weighted by Gasteiger charge is -2.23. The molecule has 0 spiro atoms. The minimum Gasteiger partial charge on any atom is -0.493 e. The van der Waals surface area contributed by atoms with Gasteiger partial charge in [0.2, 0.25) is 0 Å². The number of hydrogen-bond acceptors (Lipinski definition) is 7. The second-order valence-corrected chi connectivity index (χ2v) is 10.0. The van der Waals surface area contributed by atoms with E-state index < -0.39 is 12.0 Å². The fraction of sp³-hybridized carbons (Fsp3) is 0.320. The van der Waals surface area contributed by atoms with Crippen LogP contribution in [-0.2, 0) is 9.53 Å². The first-order chi connectivity index (χ1) is 15.9. The molecule has 1 unspecified atom stereocenters. The molecule has 4 rings (SSSR count). The molecule has 1 atom stereocenters. The van der Waals surface area contributed by atoms with Crippen molar-refractivity contribution in [1.82, 2.24) is 4.57 Å². The molecule has 8 heteroatoms. The lowest BCUT2D eigenvalue weighted by molar-refractivity contribution is -0.140. The van der Waals surface area contributed by atoms with Gasteiger partial charge in [-0.05, 0) is 43.4 Å². The van der Waals surface area contributed by atoms with Gasteiger partial charge in [0.25, 0.3) is 5.56 Å². The number of esters is 1. The van der Waals surface area contributed by atoms with Crippen molar-refractivity contribution in [2.75, 3.05) is 13.2 Å². The third-order valence-corrected chi connectivity index (χ3v) is 7.02. The van der Waals surface area contributed by atoms with Crippen molar-refractivity contribution in [1.29, 1.82) is 0 Å². The normalized spacial score (nSPS) is 16.0. The van der Waals surface area contributed by atoms with Crippen molar-refractivity contribution in [3.63, 3.8) is 0 Å². The summed E-state index contributed by atoms with van der Waals surface area (Å²) >= 11 is 2.81. The highest BCUT2D eigenvalue weighted by molar-refractivity contribution is 7.10. The Morgan fingerprint density at radius 1 is 1.24 bits per heavy atom. The third kappa shape index (κ3) is 4.72. The smallest absolute Gasteiger partial charge is 0.338 e. The molecule has 1 aliphatic rings. The van der Waals surface area contributed by atoms with E-state index in [1.165, 1.54) is 22.7 Å². The van der Waals surface area contributed by atoms with Gasteiger partial charge in [0.15, 0.2) is 4.80 Å². The van der Waals surface area contributed by atoms with Gasteiger partial charge in [0.1, 0.15) is 11.8 Å². The molecule has 33 heavy (non-hydrogen) atoms. The average Bonchev–Trinajstić information content (AvgIpc) is 3.41. The second-order valence-electron chi connectivity index (χ2n) is 8.06. The number of benzene rings is 1. The summed E-state index contributed by atoms with van der Waals surface area (Å²) in [7, 11) is 0. The van der Waals surface area contributed by atoms with Gasteiger partial charge in [-0.1, -0.05) is 49.4 Å². The number of fused-ring (bicyclic) bond motifs is 1. The maximum absolute atomic E-state index is 13.6. The zero-order valence-electron chi connectivity index (χ0n) is 19.0. The minimum absolute atomic E-state index is 0.190. The number of para-hydroxylation sites is 1. The van der Waals surface area contributed by atoms with Crippen LogP contribution in [0.4, 0.5) is 0 Å². The van der Waals surface area contributed by atoms with Gasteiger partial charge in [-0.2, -0.15) is 0 Å². The van der Waals surface area contributed by atoms with Crippen LogP contribution in [0.2, 0.25) is 0 Å². The van der Waals surface area contributed by atoms with Crippen molar-refractivity contribution < 1.29 is 14.3 Å². The van der Waals surface area contributed by atoms with Crippen molar-refractivity contribution in [3.8, 4) is 5.75 Å². The van der Waals surface area contributed by atoms with Crippen molar-refractivity contribution >= 4 is 34.7 Å². The zero-order valence-corrected chi connectivity index (χ0v) is 20.7.